The third kappa shape index (κ3) is 6.06. The molecule has 0 radical (unpaired) electrons. The summed E-state index contributed by atoms with van der Waals surface area (Å²) in [5, 5.41) is 0. The monoisotopic (exact) mass is 516 g/mol. The van der Waals surface area contributed by atoms with E-state index in [1.807, 2.05) is 26.0 Å². The van der Waals surface area contributed by atoms with Gasteiger partial charge < -0.3 is 23.7 Å². The minimum atomic E-state index is -0.533. The molecule has 5 heteroatoms. The van der Waals surface area contributed by atoms with E-state index in [-0.39, 0.29) is 23.0 Å². The molecule has 0 aliphatic carbocycles. The van der Waals surface area contributed by atoms with Crippen LogP contribution in [-0.2, 0) is 25.0 Å². The summed E-state index contributed by atoms with van der Waals surface area (Å²) in [6, 6.07) is 25.8. The predicted octanol–water partition coefficient (Wildman–Crippen LogP) is 6.65. The molecule has 2 atom stereocenters. The van der Waals surface area contributed by atoms with Crippen LogP contribution < -0.4 is 9.47 Å². The molecule has 5 rings (SSSR count). The van der Waals surface area contributed by atoms with Gasteiger partial charge in [-0.05, 0) is 60.4 Å². The van der Waals surface area contributed by atoms with Crippen LogP contribution >= 0.6 is 0 Å². The molecule has 0 bridgehead atoms. The molecule has 0 amide bonds. The first kappa shape index (κ1) is 26.7. The number of ether oxygens (including phenoxy) is 5. The Labute approximate surface area is 227 Å². The molecule has 0 aromatic heterocycles. The number of hydrogen-bond acceptors (Lipinski definition) is 5. The number of rotatable bonds is 10. The highest BCUT2D eigenvalue weighted by Crippen LogP contribution is 2.38. The Kier molecular flexibility index (Phi) is 7.29. The Morgan fingerprint density at radius 1 is 0.684 bits per heavy atom. The standard InChI is InChI=1S/C33H40O5/c1-31(2,23-10-14-27(15-11-23)34-19-29-20-36-29)25-8-7-9-26(18-25)32(3,4)24-12-16-28(17-13-24)35-21-30-22-37-33(5,6)38-30/h7-18,29-30H,19-22H2,1-6H3. The first-order valence-corrected chi connectivity index (χ1v) is 13.5. The summed E-state index contributed by atoms with van der Waals surface area (Å²) in [5.41, 5.74) is 4.73. The van der Waals surface area contributed by atoms with Crippen molar-refractivity contribution in [3.8, 4) is 11.5 Å². The average Bonchev–Trinajstić information content (AvgIpc) is 3.68. The van der Waals surface area contributed by atoms with Gasteiger partial charge in [-0.3, -0.25) is 0 Å². The lowest BCUT2D eigenvalue weighted by molar-refractivity contribution is -0.141. The van der Waals surface area contributed by atoms with Crippen LogP contribution in [0.2, 0.25) is 0 Å². The highest BCUT2D eigenvalue weighted by atomic mass is 16.7. The Balaban J connectivity index is 1.27. The van der Waals surface area contributed by atoms with E-state index in [1.165, 1.54) is 22.3 Å². The van der Waals surface area contributed by atoms with Crippen LogP contribution in [0.15, 0.2) is 72.8 Å². The molecule has 202 valence electrons. The third-order valence-corrected chi connectivity index (χ3v) is 7.80. The van der Waals surface area contributed by atoms with E-state index in [4.69, 9.17) is 23.7 Å². The Morgan fingerprint density at radius 2 is 1.16 bits per heavy atom. The summed E-state index contributed by atoms with van der Waals surface area (Å²) in [6.07, 6.45) is 0.212. The van der Waals surface area contributed by atoms with Crippen molar-refractivity contribution in [2.45, 2.75) is 70.4 Å². The van der Waals surface area contributed by atoms with Crippen molar-refractivity contribution in [2.24, 2.45) is 0 Å². The molecule has 3 aromatic rings. The molecule has 2 aliphatic heterocycles. The van der Waals surface area contributed by atoms with Crippen LogP contribution in [0.5, 0.6) is 11.5 Å². The van der Waals surface area contributed by atoms with Gasteiger partial charge in [0, 0.05) is 10.8 Å². The van der Waals surface area contributed by atoms with Crippen molar-refractivity contribution in [3.63, 3.8) is 0 Å². The Morgan fingerprint density at radius 3 is 1.58 bits per heavy atom. The van der Waals surface area contributed by atoms with E-state index in [1.54, 1.807) is 0 Å². The molecule has 0 saturated carbocycles. The Bertz CT molecular complexity index is 1220. The second kappa shape index (κ2) is 10.4. The largest absolute Gasteiger partial charge is 0.491 e. The van der Waals surface area contributed by atoms with Crippen molar-refractivity contribution in [2.75, 3.05) is 26.4 Å². The van der Waals surface area contributed by atoms with Gasteiger partial charge in [0.2, 0.25) is 0 Å². The number of benzene rings is 3. The van der Waals surface area contributed by atoms with Crippen LogP contribution in [0.3, 0.4) is 0 Å². The summed E-state index contributed by atoms with van der Waals surface area (Å²) in [6.45, 7) is 15.4. The molecule has 0 spiro atoms. The van der Waals surface area contributed by atoms with E-state index >= 15 is 0 Å². The fourth-order valence-electron chi connectivity index (χ4n) is 4.95. The fraction of sp³-hybridized carbons (Fsp3) is 0.455. The molecule has 2 aliphatic rings. The summed E-state index contributed by atoms with van der Waals surface area (Å²) in [7, 11) is 0. The first-order valence-electron chi connectivity index (χ1n) is 13.5. The number of hydrogen-bond donors (Lipinski definition) is 0. The molecule has 2 fully saturated rings. The lowest BCUT2D eigenvalue weighted by atomic mass is 9.73. The van der Waals surface area contributed by atoms with Crippen LogP contribution in [0.25, 0.3) is 0 Å². The van der Waals surface area contributed by atoms with Gasteiger partial charge in [-0.15, -0.1) is 0 Å². The first-order chi connectivity index (χ1) is 18.0. The van der Waals surface area contributed by atoms with Gasteiger partial charge >= 0.3 is 0 Å². The lowest BCUT2D eigenvalue weighted by Crippen LogP contribution is -2.25. The summed E-state index contributed by atoms with van der Waals surface area (Å²) >= 11 is 0. The van der Waals surface area contributed by atoms with Crippen molar-refractivity contribution in [3.05, 3.63) is 95.1 Å². The third-order valence-electron chi connectivity index (χ3n) is 7.80. The minimum Gasteiger partial charge on any atom is -0.491 e. The van der Waals surface area contributed by atoms with E-state index < -0.39 is 5.79 Å². The zero-order chi connectivity index (χ0) is 27.0. The smallest absolute Gasteiger partial charge is 0.163 e. The molecular formula is C33H40O5. The summed E-state index contributed by atoms with van der Waals surface area (Å²) in [5.74, 6) is 1.19. The van der Waals surface area contributed by atoms with E-state index in [2.05, 4.69) is 88.4 Å². The summed E-state index contributed by atoms with van der Waals surface area (Å²) in [4.78, 5) is 0. The molecule has 0 N–H and O–H groups in total. The molecule has 38 heavy (non-hydrogen) atoms. The molecule has 3 aromatic carbocycles. The maximum atomic E-state index is 5.99. The van der Waals surface area contributed by atoms with Crippen LogP contribution in [0.4, 0.5) is 0 Å². The van der Waals surface area contributed by atoms with Crippen molar-refractivity contribution in [1.29, 1.82) is 0 Å². The van der Waals surface area contributed by atoms with Gasteiger partial charge in [0.25, 0.3) is 0 Å². The molecular weight excluding hydrogens is 476 g/mol. The normalized spacial score (nSPS) is 20.8. The topological polar surface area (TPSA) is 49.5 Å². The highest BCUT2D eigenvalue weighted by molar-refractivity contribution is 5.46. The lowest BCUT2D eigenvalue weighted by Gasteiger charge is -2.31. The SMILES string of the molecule is CC1(C)OCC(COc2ccc(C(C)(C)c3cccc(C(C)(C)c4ccc(OCC5CO5)cc4)c3)cc2)O1. The number of epoxide rings is 1. The van der Waals surface area contributed by atoms with Gasteiger partial charge in [0.15, 0.2) is 5.79 Å². The average molecular weight is 517 g/mol. The molecule has 5 nitrogen and oxygen atoms in total. The van der Waals surface area contributed by atoms with Crippen molar-refractivity contribution < 1.29 is 23.7 Å². The van der Waals surface area contributed by atoms with E-state index in [0.29, 0.717) is 19.8 Å². The van der Waals surface area contributed by atoms with Crippen LogP contribution in [0, 0.1) is 0 Å². The predicted molar refractivity (Wildman–Crippen MR) is 149 cm³/mol. The van der Waals surface area contributed by atoms with Gasteiger partial charge in [0.05, 0.1) is 13.2 Å². The Hall–Kier alpha value is -2.86. The zero-order valence-corrected chi connectivity index (χ0v) is 23.5. The van der Waals surface area contributed by atoms with Crippen molar-refractivity contribution in [1.82, 2.24) is 0 Å². The maximum Gasteiger partial charge on any atom is 0.163 e. The molecule has 2 heterocycles. The molecule has 2 unspecified atom stereocenters. The maximum absolute atomic E-state index is 5.99. The van der Waals surface area contributed by atoms with E-state index in [9.17, 15) is 0 Å². The highest BCUT2D eigenvalue weighted by Gasteiger charge is 2.33. The second-order valence-corrected chi connectivity index (χ2v) is 11.9. The fourth-order valence-corrected chi connectivity index (χ4v) is 4.95. The quantitative estimate of drug-likeness (QED) is 0.283. The van der Waals surface area contributed by atoms with Crippen LogP contribution in [-0.4, -0.2) is 44.4 Å². The minimum absolute atomic E-state index is 0.0479. The van der Waals surface area contributed by atoms with Gasteiger partial charge in [0.1, 0.15) is 36.9 Å². The van der Waals surface area contributed by atoms with Crippen LogP contribution in [0.1, 0.15) is 63.8 Å². The van der Waals surface area contributed by atoms with E-state index in [0.717, 1.165) is 18.1 Å². The zero-order valence-electron chi connectivity index (χ0n) is 23.5. The van der Waals surface area contributed by atoms with Gasteiger partial charge in [-0.1, -0.05) is 76.2 Å². The summed E-state index contributed by atoms with van der Waals surface area (Å²) < 4.78 is 28.5. The van der Waals surface area contributed by atoms with Gasteiger partial charge in [-0.2, -0.15) is 0 Å². The molecule has 2 saturated heterocycles. The van der Waals surface area contributed by atoms with Gasteiger partial charge in [-0.25, -0.2) is 0 Å². The van der Waals surface area contributed by atoms with Crippen molar-refractivity contribution >= 4 is 0 Å². The second-order valence-electron chi connectivity index (χ2n) is 11.9.